The van der Waals surface area contributed by atoms with Crippen LogP contribution < -0.4 is 0 Å². The molecule has 0 aromatic heterocycles. The van der Waals surface area contributed by atoms with E-state index in [1.165, 1.54) is 30.6 Å². The van der Waals surface area contributed by atoms with Gasteiger partial charge in [0.05, 0.1) is 0 Å². The van der Waals surface area contributed by atoms with Crippen LogP contribution in [0.5, 0.6) is 0 Å². The van der Waals surface area contributed by atoms with Crippen LogP contribution in [0, 0.1) is 17.8 Å². The molecule has 0 aliphatic heterocycles. The van der Waals surface area contributed by atoms with E-state index < -0.39 is 0 Å². The second kappa shape index (κ2) is 1.49. The zero-order valence-electron chi connectivity index (χ0n) is 5.56. The van der Waals surface area contributed by atoms with Crippen molar-refractivity contribution in [1.29, 1.82) is 0 Å². The highest BCUT2D eigenvalue weighted by molar-refractivity contribution is 4.99. The normalized spacial score (nSPS) is 51.4. The van der Waals surface area contributed by atoms with Gasteiger partial charge in [-0.05, 0) is 30.6 Å². The molecule has 2 aliphatic rings. The molecular weight excluding hydrogens is 96.1 g/mol. The van der Waals surface area contributed by atoms with Crippen molar-refractivity contribution in [1.82, 2.24) is 0 Å². The molecule has 0 saturated heterocycles. The minimum atomic E-state index is 1.17. The van der Waals surface area contributed by atoms with Gasteiger partial charge in [-0.25, -0.2) is 0 Å². The van der Waals surface area contributed by atoms with Crippen molar-refractivity contribution < 1.29 is 0 Å². The second-order valence-electron chi connectivity index (χ2n) is 3.33. The van der Waals surface area contributed by atoms with Gasteiger partial charge in [0.2, 0.25) is 0 Å². The Morgan fingerprint density at radius 3 is 2.25 bits per heavy atom. The third-order valence-corrected chi connectivity index (χ3v) is 3.06. The van der Waals surface area contributed by atoms with Crippen molar-refractivity contribution in [3.63, 3.8) is 0 Å². The van der Waals surface area contributed by atoms with Gasteiger partial charge >= 0.3 is 0 Å². The van der Waals surface area contributed by atoms with Gasteiger partial charge in [-0.3, -0.25) is 0 Å². The van der Waals surface area contributed by atoms with Gasteiger partial charge in [0.25, 0.3) is 0 Å². The van der Waals surface area contributed by atoms with Crippen LogP contribution in [0.15, 0.2) is 0 Å². The van der Waals surface area contributed by atoms with Crippen molar-refractivity contribution in [2.75, 3.05) is 0 Å². The summed E-state index contributed by atoms with van der Waals surface area (Å²) < 4.78 is 0. The molecule has 0 heteroatoms. The predicted molar refractivity (Wildman–Crippen MR) is 34.6 cm³/mol. The topological polar surface area (TPSA) is 0 Å². The molecule has 0 unspecified atom stereocenters. The van der Waals surface area contributed by atoms with Crippen molar-refractivity contribution in [2.24, 2.45) is 17.8 Å². The van der Waals surface area contributed by atoms with Gasteiger partial charge in [-0.1, -0.05) is 19.8 Å². The van der Waals surface area contributed by atoms with Crippen LogP contribution >= 0.6 is 0 Å². The zero-order valence-corrected chi connectivity index (χ0v) is 5.56. The minimum Gasteiger partial charge on any atom is -0.0651 e. The van der Waals surface area contributed by atoms with E-state index in [4.69, 9.17) is 0 Å². The molecule has 0 N–H and O–H groups in total. The largest absolute Gasteiger partial charge is 0.0651 e. The summed E-state index contributed by atoms with van der Waals surface area (Å²) in [5, 5.41) is 0. The highest BCUT2D eigenvalue weighted by Crippen LogP contribution is 2.58. The maximum absolute atomic E-state index is 2.34. The summed E-state index contributed by atoms with van der Waals surface area (Å²) in [6.07, 6.45) is 6.10. The van der Waals surface area contributed by atoms with Crippen LogP contribution in [-0.2, 0) is 0 Å². The lowest BCUT2D eigenvalue weighted by atomic mass is 10.1. The van der Waals surface area contributed by atoms with Crippen molar-refractivity contribution in [2.45, 2.75) is 32.6 Å². The molecule has 46 valence electrons. The first kappa shape index (κ1) is 4.84. The summed E-state index contributed by atoms with van der Waals surface area (Å²) in [7, 11) is 0. The van der Waals surface area contributed by atoms with E-state index in [0.29, 0.717) is 0 Å². The fraction of sp³-hybridized carbons (Fsp3) is 1.00. The van der Waals surface area contributed by atoms with Gasteiger partial charge in [0, 0.05) is 0 Å². The third-order valence-electron chi connectivity index (χ3n) is 3.06. The SMILES string of the molecule is CCC1[C@@H]2CCC[C@@H]12. The molecule has 2 rings (SSSR count). The molecule has 0 aromatic rings. The molecule has 0 nitrogen and oxygen atoms in total. The van der Waals surface area contributed by atoms with E-state index in [-0.39, 0.29) is 0 Å². The second-order valence-corrected chi connectivity index (χ2v) is 3.33. The van der Waals surface area contributed by atoms with E-state index in [1.807, 2.05) is 0 Å². The Balaban J connectivity index is 1.94. The predicted octanol–water partition coefficient (Wildman–Crippen LogP) is 2.44. The van der Waals surface area contributed by atoms with E-state index >= 15 is 0 Å². The van der Waals surface area contributed by atoms with Crippen LogP contribution in [0.3, 0.4) is 0 Å². The Hall–Kier alpha value is 0. The lowest BCUT2D eigenvalue weighted by molar-refractivity contribution is 0.575. The molecule has 2 aliphatic carbocycles. The summed E-state index contributed by atoms with van der Waals surface area (Å²) in [5.74, 6) is 3.56. The molecule has 8 heavy (non-hydrogen) atoms. The summed E-state index contributed by atoms with van der Waals surface area (Å²) in [6.45, 7) is 2.34. The Labute approximate surface area is 51.3 Å². The van der Waals surface area contributed by atoms with Crippen LogP contribution in [0.4, 0.5) is 0 Å². The van der Waals surface area contributed by atoms with Crippen LogP contribution in [0.2, 0.25) is 0 Å². The first-order valence-corrected chi connectivity index (χ1v) is 3.93. The maximum Gasteiger partial charge on any atom is -0.0352 e. The zero-order chi connectivity index (χ0) is 5.56. The van der Waals surface area contributed by atoms with Crippen LogP contribution in [0.1, 0.15) is 32.6 Å². The average Bonchev–Trinajstić information content (AvgIpc) is 2.22. The minimum absolute atomic E-state index is 1.17. The quantitative estimate of drug-likeness (QED) is 0.486. The number of rotatable bonds is 1. The standard InChI is InChI=1S/C8H14/c1-2-6-7-4-3-5-8(6)7/h6-8H,2-5H2,1H3/t7-,8-/m0/s1. The first-order valence-electron chi connectivity index (χ1n) is 3.93. The molecule has 2 atom stereocenters. The van der Waals surface area contributed by atoms with Crippen LogP contribution in [0.25, 0.3) is 0 Å². The molecule has 2 saturated carbocycles. The van der Waals surface area contributed by atoms with Gasteiger partial charge in [-0.15, -0.1) is 0 Å². The fourth-order valence-electron chi connectivity index (χ4n) is 2.58. The van der Waals surface area contributed by atoms with Gasteiger partial charge in [0.15, 0.2) is 0 Å². The van der Waals surface area contributed by atoms with Crippen molar-refractivity contribution in [3.8, 4) is 0 Å². The van der Waals surface area contributed by atoms with Crippen molar-refractivity contribution in [3.05, 3.63) is 0 Å². The van der Waals surface area contributed by atoms with E-state index in [1.54, 1.807) is 12.8 Å². The first-order chi connectivity index (χ1) is 3.93. The number of fused-ring (bicyclic) bond motifs is 1. The maximum atomic E-state index is 2.34. The van der Waals surface area contributed by atoms with Crippen LogP contribution in [-0.4, -0.2) is 0 Å². The average molecular weight is 110 g/mol. The molecule has 0 heterocycles. The van der Waals surface area contributed by atoms with E-state index in [0.717, 1.165) is 0 Å². The molecule has 0 spiro atoms. The molecule has 0 bridgehead atoms. The molecule has 0 aromatic carbocycles. The Bertz CT molecular complexity index is 79.5. The molecular formula is C8H14. The smallest absolute Gasteiger partial charge is 0.0352 e. The van der Waals surface area contributed by atoms with Gasteiger partial charge in [0.1, 0.15) is 0 Å². The van der Waals surface area contributed by atoms with Gasteiger partial charge in [-0.2, -0.15) is 0 Å². The van der Waals surface area contributed by atoms with Gasteiger partial charge < -0.3 is 0 Å². The molecule has 0 radical (unpaired) electrons. The summed E-state index contributed by atoms with van der Waals surface area (Å²) in [4.78, 5) is 0. The number of hydrogen-bond acceptors (Lipinski definition) is 0. The van der Waals surface area contributed by atoms with E-state index in [2.05, 4.69) is 6.92 Å². The van der Waals surface area contributed by atoms with Crippen molar-refractivity contribution >= 4 is 0 Å². The lowest BCUT2D eigenvalue weighted by Crippen LogP contribution is -1.82. The Kier molecular flexibility index (Phi) is 0.902. The third kappa shape index (κ3) is 0.463. The highest BCUT2D eigenvalue weighted by Gasteiger charge is 2.50. The Morgan fingerprint density at radius 2 is 1.88 bits per heavy atom. The monoisotopic (exact) mass is 110 g/mol. The molecule has 2 fully saturated rings. The lowest BCUT2D eigenvalue weighted by Gasteiger charge is -1.94. The highest BCUT2D eigenvalue weighted by atomic mass is 14.6. The summed E-state index contributed by atoms with van der Waals surface area (Å²) >= 11 is 0. The fourth-order valence-corrected chi connectivity index (χ4v) is 2.58. The summed E-state index contributed by atoms with van der Waals surface area (Å²) in [5.41, 5.74) is 0. The Morgan fingerprint density at radius 1 is 1.25 bits per heavy atom. The molecule has 0 amide bonds. The van der Waals surface area contributed by atoms with E-state index in [9.17, 15) is 0 Å². The number of hydrogen-bond donors (Lipinski definition) is 0. The summed E-state index contributed by atoms with van der Waals surface area (Å²) in [6, 6.07) is 0.